The van der Waals surface area contributed by atoms with Crippen molar-refractivity contribution in [1.29, 1.82) is 0 Å². The smallest absolute Gasteiger partial charge is 0.188 e. The van der Waals surface area contributed by atoms with E-state index in [0.29, 0.717) is 0 Å². The van der Waals surface area contributed by atoms with Gasteiger partial charge in [0.25, 0.3) is 0 Å². The minimum Gasteiger partial charge on any atom is -0.297 e. The molecule has 0 aromatic heterocycles. The molecule has 0 fully saturated rings. The summed E-state index contributed by atoms with van der Waals surface area (Å²) in [6, 6.07) is 0. The summed E-state index contributed by atoms with van der Waals surface area (Å²) in [6.45, 7) is 0. The molecule has 1 heterocycles. The van der Waals surface area contributed by atoms with Crippen molar-refractivity contribution in [1.82, 2.24) is 0 Å². The Morgan fingerprint density at radius 1 is 1.50 bits per heavy atom. The molecular formula is C4H5NO2S. The Morgan fingerprint density at radius 3 is 2.50 bits per heavy atom. The van der Waals surface area contributed by atoms with E-state index in [2.05, 4.69) is 4.40 Å². The molecule has 3 nitrogen and oxygen atoms in total. The van der Waals surface area contributed by atoms with E-state index < -0.39 is 9.99 Å². The summed E-state index contributed by atoms with van der Waals surface area (Å²) >= 11 is 0. The molecule has 0 bridgehead atoms. The maximum absolute atomic E-state index is 10.5. The van der Waals surface area contributed by atoms with Gasteiger partial charge in [-0.1, -0.05) is 0 Å². The largest absolute Gasteiger partial charge is 0.297 e. The van der Waals surface area contributed by atoms with Crippen LogP contribution < -0.4 is 0 Å². The molecule has 0 amide bonds. The molecule has 0 saturated heterocycles. The van der Waals surface area contributed by atoms with E-state index in [0.717, 1.165) is 5.37 Å². The highest BCUT2D eigenvalue weighted by Gasteiger charge is 1.93. The lowest BCUT2D eigenvalue weighted by Gasteiger charge is -1.93. The zero-order valence-electron chi connectivity index (χ0n) is 4.02. The van der Waals surface area contributed by atoms with Crippen molar-refractivity contribution < 1.29 is 8.76 Å². The number of nitrogens with zero attached hydrogens (tertiary/aromatic N) is 1. The van der Waals surface area contributed by atoms with Gasteiger partial charge < -0.3 is 0 Å². The van der Waals surface area contributed by atoms with Crippen LogP contribution in [0.3, 0.4) is 0 Å². The van der Waals surface area contributed by atoms with Crippen molar-refractivity contribution in [3.05, 3.63) is 12.2 Å². The van der Waals surface area contributed by atoms with Crippen LogP contribution in [0.2, 0.25) is 0 Å². The van der Waals surface area contributed by atoms with Gasteiger partial charge in [0.1, 0.15) is 0 Å². The predicted molar refractivity (Wildman–Crippen MR) is 34.5 cm³/mol. The van der Waals surface area contributed by atoms with Gasteiger partial charge >= 0.3 is 0 Å². The fraction of sp³-hybridized carbons (Fsp3) is 0. The standard InChI is InChI=1S/C4H5NO2S/c6-8(7)4-2-1-3-5-8/h1-4H,(H,5,6,7). The fourth-order valence-electron chi connectivity index (χ4n) is 0.355. The molecular weight excluding hydrogens is 126 g/mol. The Kier molecular flexibility index (Phi) is 1.19. The van der Waals surface area contributed by atoms with Crippen LogP contribution in [0.1, 0.15) is 0 Å². The summed E-state index contributed by atoms with van der Waals surface area (Å²) in [5, 5.41) is 1.16. The van der Waals surface area contributed by atoms with Crippen LogP contribution >= 0.6 is 0 Å². The summed E-state index contributed by atoms with van der Waals surface area (Å²) in [4.78, 5) is 0. The van der Waals surface area contributed by atoms with E-state index in [1.54, 1.807) is 6.08 Å². The second-order valence-corrected chi connectivity index (χ2v) is 2.87. The van der Waals surface area contributed by atoms with Crippen molar-refractivity contribution in [2.24, 2.45) is 4.40 Å². The van der Waals surface area contributed by atoms with Crippen molar-refractivity contribution in [2.75, 3.05) is 0 Å². The Balaban J connectivity index is 3.20. The van der Waals surface area contributed by atoms with Crippen LogP contribution in [0.5, 0.6) is 0 Å². The topological polar surface area (TPSA) is 49.7 Å². The lowest BCUT2D eigenvalue weighted by Crippen LogP contribution is -1.98. The maximum Gasteiger partial charge on any atom is 0.188 e. The molecule has 0 radical (unpaired) electrons. The number of allylic oxidation sites excluding steroid dienone is 2. The normalized spacial score (nSPS) is 34.6. The summed E-state index contributed by atoms with van der Waals surface area (Å²) < 4.78 is 22.3. The van der Waals surface area contributed by atoms with Gasteiger partial charge in [-0.25, -0.2) is 4.21 Å². The van der Waals surface area contributed by atoms with Crippen molar-refractivity contribution in [2.45, 2.75) is 0 Å². The summed E-state index contributed by atoms with van der Waals surface area (Å²) in [7, 11) is -2.98. The molecule has 8 heavy (non-hydrogen) atoms. The zero-order valence-corrected chi connectivity index (χ0v) is 4.84. The molecule has 0 saturated carbocycles. The molecule has 0 aliphatic carbocycles. The number of hydrogen-bond donors (Lipinski definition) is 1. The molecule has 0 spiro atoms. The Morgan fingerprint density at radius 2 is 2.25 bits per heavy atom. The van der Waals surface area contributed by atoms with Crippen LogP contribution in [0.4, 0.5) is 0 Å². The van der Waals surface area contributed by atoms with Crippen LogP contribution in [-0.4, -0.2) is 20.3 Å². The molecule has 1 N–H and O–H groups in total. The van der Waals surface area contributed by atoms with Gasteiger partial charge in [0, 0.05) is 11.6 Å². The lowest BCUT2D eigenvalue weighted by atomic mass is 10.6. The van der Waals surface area contributed by atoms with Crippen LogP contribution in [0.25, 0.3) is 0 Å². The predicted octanol–water partition coefficient (Wildman–Crippen LogP) is 0.102. The first-order valence-corrected chi connectivity index (χ1v) is 3.56. The van der Waals surface area contributed by atoms with E-state index in [-0.39, 0.29) is 0 Å². The van der Waals surface area contributed by atoms with Crippen LogP contribution in [0, 0.1) is 0 Å². The van der Waals surface area contributed by atoms with Gasteiger partial charge in [0.15, 0.2) is 9.99 Å². The van der Waals surface area contributed by atoms with E-state index in [9.17, 15) is 4.21 Å². The zero-order chi connectivity index (χ0) is 6.04. The van der Waals surface area contributed by atoms with Crippen LogP contribution in [-0.2, 0) is 9.99 Å². The number of rotatable bonds is 0. The molecule has 0 aromatic rings. The number of hydrogen-bond acceptors (Lipinski definition) is 1. The van der Waals surface area contributed by atoms with E-state index >= 15 is 0 Å². The van der Waals surface area contributed by atoms with Gasteiger partial charge in [-0.15, -0.1) is 0 Å². The summed E-state index contributed by atoms with van der Waals surface area (Å²) in [6.07, 6.45) is 4.40. The maximum atomic E-state index is 10.5. The third kappa shape index (κ3) is 1.18. The molecule has 4 heteroatoms. The fourth-order valence-corrected chi connectivity index (χ4v) is 0.965. The second kappa shape index (κ2) is 1.72. The highest BCUT2D eigenvalue weighted by Crippen LogP contribution is 1.89. The first-order chi connectivity index (χ1) is 3.71. The second-order valence-electron chi connectivity index (χ2n) is 1.31. The first kappa shape index (κ1) is 5.53. The minimum absolute atomic E-state index is 1.16. The molecule has 44 valence electrons. The highest BCUT2D eigenvalue weighted by atomic mass is 32.2. The van der Waals surface area contributed by atoms with Crippen LogP contribution in [0.15, 0.2) is 16.5 Å². The molecule has 1 rings (SSSR count). The average molecular weight is 131 g/mol. The Labute approximate surface area is 47.7 Å². The molecule has 1 aliphatic heterocycles. The summed E-state index contributed by atoms with van der Waals surface area (Å²) in [5.41, 5.74) is 0. The first-order valence-electron chi connectivity index (χ1n) is 2.03. The van der Waals surface area contributed by atoms with Gasteiger partial charge in [-0.2, -0.15) is 4.40 Å². The molecule has 1 atom stereocenters. The third-order valence-corrected chi connectivity index (χ3v) is 1.60. The highest BCUT2D eigenvalue weighted by molar-refractivity contribution is 7.95. The SMILES string of the molecule is O=S1(O)=CC=CC=N1. The average Bonchev–Trinajstić information content (AvgIpc) is 1.65. The van der Waals surface area contributed by atoms with E-state index in [4.69, 9.17) is 4.55 Å². The minimum atomic E-state index is -2.98. The Bertz CT molecular complexity index is 245. The molecule has 0 aromatic carbocycles. The van der Waals surface area contributed by atoms with E-state index in [1.165, 1.54) is 12.3 Å². The monoisotopic (exact) mass is 131 g/mol. The Hall–Kier alpha value is -0.610. The van der Waals surface area contributed by atoms with Crippen molar-refractivity contribution in [3.63, 3.8) is 0 Å². The van der Waals surface area contributed by atoms with E-state index in [1.807, 2.05) is 0 Å². The lowest BCUT2D eigenvalue weighted by molar-refractivity contribution is 0.562. The third-order valence-electron chi connectivity index (χ3n) is 0.665. The van der Waals surface area contributed by atoms with Crippen molar-refractivity contribution >= 4 is 21.6 Å². The van der Waals surface area contributed by atoms with Gasteiger partial charge in [-0.05, 0) is 12.2 Å². The van der Waals surface area contributed by atoms with Gasteiger partial charge in [0.2, 0.25) is 0 Å². The quantitative estimate of drug-likeness (QED) is 0.474. The molecule has 1 unspecified atom stereocenters. The van der Waals surface area contributed by atoms with Gasteiger partial charge in [-0.3, -0.25) is 4.55 Å². The summed E-state index contributed by atoms with van der Waals surface area (Å²) in [5.74, 6) is 0. The molecule has 1 aliphatic rings. The van der Waals surface area contributed by atoms with Gasteiger partial charge in [0.05, 0.1) is 0 Å². The van der Waals surface area contributed by atoms with Crippen molar-refractivity contribution in [3.8, 4) is 0 Å².